The molecule has 0 bridgehead atoms. The number of carboxylic acids is 1. The molecule has 0 rings (SSSR count). The van der Waals surface area contributed by atoms with Crippen molar-refractivity contribution in [2.75, 3.05) is 6.54 Å². The van der Waals surface area contributed by atoms with Gasteiger partial charge in [-0.1, -0.05) is 6.92 Å². The average Bonchev–Trinajstić information content (AvgIpc) is 2.37. The minimum atomic E-state index is -1.18. The van der Waals surface area contributed by atoms with E-state index in [-0.39, 0.29) is 0 Å². The first-order chi connectivity index (χ1) is 9.68. The third kappa shape index (κ3) is 7.25. The quantitative estimate of drug-likeness (QED) is 0.334. The van der Waals surface area contributed by atoms with Crippen molar-refractivity contribution in [1.29, 1.82) is 0 Å². The van der Waals surface area contributed by atoms with Crippen LogP contribution >= 0.6 is 0 Å². The zero-order valence-corrected chi connectivity index (χ0v) is 12.5. The summed E-state index contributed by atoms with van der Waals surface area (Å²) in [5.41, 5.74) is 0. The highest BCUT2D eigenvalue weighted by Crippen LogP contribution is 1.89. The van der Waals surface area contributed by atoms with E-state index in [1.807, 2.05) is 0 Å². The van der Waals surface area contributed by atoms with Gasteiger partial charge in [-0.25, -0.2) is 0 Å². The van der Waals surface area contributed by atoms with Crippen molar-refractivity contribution in [3.8, 4) is 0 Å². The zero-order chi connectivity index (χ0) is 16.6. The van der Waals surface area contributed by atoms with Crippen LogP contribution in [-0.4, -0.2) is 53.6 Å². The van der Waals surface area contributed by atoms with Gasteiger partial charge in [-0.05, 0) is 20.4 Å². The molecule has 9 heteroatoms. The lowest BCUT2D eigenvalue weighted by molar-refractivity contribution is -0.141. The smallest absolute Gasteiger partial charge is 0.325 e. The first-order valence-corrected chi connectivity index (χ1v) is 6.53. The van der Waals surface area contributed by atoms with E-state index in [4.69, 9.17) is 5.11 Å². The van der Waals surface area contributed by atoms with Gasteiger partial charge < -0.3 is 21.1 Å². The Kier molecular flexibility index (Phi) is 7.99. The summed E-state index contributed by atoms with van der Waals surface area (Å²) < 4.78 is 0. The van der Waals surface area contributed by atoms with Gasteiger partial charge in [0.1, 0.15) is 12.1 Å². The van der Waals surface area contributed by atoms with Crippen LogP contribution in [0, 0.1) is 0 Å². The van der Waals surface area contributed by atoms with Crippen molar-refractivity contribution >= 4 is 23.7 Å². The van der Waals surface area contributed by atoms with Gasteiger partial charge in [-0.3, -0.25) is 24.5 Å². The average molecular weight is 302 g/mol. The van der Waals surface area contributed by atoms with E-state index in [0.717, 1.165) is 0 Å². The lowest BCUT2D eigenvalue weighted by atomic mass is 10.2. The van der Waals surface area contributed by atoms with Crippen LogP contribution in [0.3, 0.4) is 0 Å². The fourth-order valence-electron chi connectivity index (χ4n) is 1.38. The molecular weight excluding hydrogens is 280 g/mol. The molecule has 0 aromatic carbocycles. The standard InChI is InChI=1S/C12H22N4O5/c1-5-13-9(16-8(4)17)11(19)14-6(2)10(18)15-7(3)12(20)21/h6-7,9,13H,5H2,1-4H3,(H,14,19)(H,15,18)(H,16,17)(H,20,21)/t6-,7-,9?/m0/s1. The van der Waals surface area contributed by atoms with Gasteiger partial charge in [-0.2, -0.15) is 0 Å². The van der Waals surface area contributed by atoms with E-state index in [1.54, 1.807) is 6.92 Å². The first kappa shape index (κ1) is 18.8. The number of hydrogen-bond donors (Lipinski definition) is 5. The maximum atomic E-state index is 11.9. The van der Waals surface area contributed by atoms with Gasteiger partial charge in [0.25, 0.3) is 5.91 Å². The summed E-state index contributed by atoms with van der Waals surface area (Å²) in [6, 6.07) is -1.99. The Labute approximate surface area is 122 Å². The van der Waals surface area contributed by atoms with Crippen LogP contribution in [0.1, 0.15) is 27.7 Å². The molecule has 0 aromatic rings. The van der Waals surface area contributed by atoms with Crippen molar-refractivity contribution in [3.63, 3.8) is 0 Å². The summed E-state index contributed by atoms with van der Waals surface area (Å²) >= 11 is 0. The predicted octanol–water partition coefficient (Wildman–Crippen LogP) is -1.85. The number of aliphatic carboxylic acids is 1. The van der Waals surface area contributed by atoms with Crippen molar-refractivity contribution in [3.05, 3.63) is 0 Å². The maximum Gasteiger partial charge on any atom is 0.325 e. The second kappa shape index (κ2) is 8.90. The molecule has 0 aliphatic rings. The Hall–Kier alpha value is -2.16. The Morgan fingerprint density at radius 1 is 0.952 bits per heavy atom. The molecule has 5 N–H and O–H groups in total. The van der Waals surface area contributed by atoms with Crippen molar-refractivity contribution in [2.45, 2.75) is 45.9 Å². The van der Waals surface area contributed by atoms with Crippen LogP contribution in [0.15, 0.2) is 0 Å². The van der Waals surface area contributed by atoms with Gasteiger partial charge >= 0.3 is 5.97 Å². The summed E-state index contributed by atoms with van der Waals surface area (Å²) in [4.78, 5) is 45.3. The van der Waals surface area contributed by atoms with Crippen LogP contribution in [0.4, 0.5) is 0 Å². The number of hydrogen-bond acceptors (Lipinski definition) is 5. The third-order valence-corrected chi connectivity index (χ3v) is 2.50. The highest BCUT2D eigenvalue weighted by Gasteiger charge is 2.24. The van der Waals surface area contributed by atoms with Crippen LogP contribution in [0.25, 0.3) is 0 Å². The number of carbonyl (C=O) groups excluding carboxylic acids is 3. The molecule has 0 aliphatic heterocycles. The molecule has 0 spiro atoms. The number of amides is 3. The normalized spacial score (nSPS) is 14.5. The Morgan fingerprint density at radius 3 is 1.90 bits per heavy atom. The maximum absolute atomic E-state index is 11.9. The second-order valence-corrected chi connectivity index (χ2v) is 4.49. The molecule has 21 heavy (non-hydrogen) atoms. The summed E-state index contributed by atoms with van der Waals surface area (Å²) in [7, 11) is 0. The monoisotopic (exact) mass is 302 g/mol. The molecule has 0 aliphatic carbocycles. The molecule has 9 nitrogen and oxygen atoms in total. The number of nitrogens with one attached hydrogen (secondary N) is 4. The fraction of sp³-hybridized carbons (Fsp3) is 0.667. The van der Waals surface area contributed by atoms with Gasteiger partial charge in [0.15, 0.2) is 6.17 Å². The molecule has 3 atom stereocenters. The van der Waals surface area contributed by atoms with Crippen LogP contribution < -0.4 is 21.3 Å². The molecule has 0 radical (unpaired) electrons. The SMILES string of the molecule is CCNC(NC(C)=O)C(=O)N[C@@H](C)C(=O)N[C@@H](C)C(=O)O. The molecule has 0 fully saturated rings. The Morgan fingerprint density at radius 2 is 1.48 bits per heavy atom. The van der Waals surface area contributed by atoms with E-state index in [2.05, 4.69) is 21.3 Å². The fourth-order valence-corrected chi connectivity index (χ4v) is 1.38. The number of likely N-dealkylation sites (N-methyl/N-ethyl adjacent to an activating group) is 1. The summed E-state index contributed by atoms with van der Waals surface area (Å²) in [6.45, 7) is 6.19. The van der Waals surface area contributed by atoms with Crippen molar-refractivity contribution < 1.29 is 24.3 Å². The zero-order valence-electron chi connectivity index (χ0n) is 12.5. The molecule has 1 unspecified atom stereocenters. The van der Waals surface area contributed by atoms with E-state index < -0.39 is 41.9 Å². The molecule has 0 heterocycles. The largest absolute Gasteiger partial charge is 0.480 e. The molecule has 0 saturated carbocycles. The Bertz CT molecular complexity index is 412. The minimum Gasteiger partial charge on any atom is -0.480 e. The van der Waals surface area contributed by atoms with Gasteiger partial charge in [0.05, 0.1) is 0 Å². The van der Waals surface area contributed by atoms with E-state index >= 15 is 0 Å². The van der Waals surface area contributed by atoms with Crippen LogP contribution in [0.5, 0.6) is 0 Å². The highest BCUT2D eigenvalue weighted by atomic mass is 16.4. The third-order valence-electron chi connectivity index (χ3n) is 2.50. The van der Waals surface area contributed by atoms with Crippen LogP contribution in [0.2, 0.25) is 0 Å². The lowest BCUT2D eigenvalue weighted by Gasteiger charge is -2.21. The minimum absolute atomic E-state index is 0.396. The summed E-state index contributed by atoms with van der Waals surface area (Å²) in [6.07, 6.45) is -0.959. The molecule has 3 amide bonds. The topological polar surface area (TPSA) is 137 Å². The van der Waals surface area contributed by atoms with Crippen LogP contribution in [-0.2, 0) is 19.2 Å². The van der Waals surface area contributed by atoms with Gasteiger partial charge in [-0.15, -0.1) is 0 Å². The van der Waals surface area contributed by atoms with Gasteiger partial charge in [0, 0.05) is 6.92 Å². The van der Waals surface area contributed by atoms with Crippen molar-refractivity contribution in [2.24, 2.45) is 0 Å². The number of carboxylic acid groups (broad SMARTS) is 1. The number of carbonyl (C=O) groups is 4. The van der Waals surface area contributed by atoms with Crippen molar-refractivity contribution in [1.82, 2.24) is 21.3 Å². The molecular formula is C12H22N4O5. The predicted molar refractivity (Wildman–Crippen MR) is 74.1 cm³/mol. The number of rotatable bonds is 8. The van der Waals surface area contributed by atoms with E-state index in [1.165, 1.54) is 20.8 Å². The molecule has 0 aromatic heterocycles. The Balaban J connectivity index is 4.55. The summed E-state index contributed by atoms with van der Waals surface area (Å²) in [5.74, 6) is -2.78. The molecule has 0 saturated heterocycles. The van der Waals surface area contributed by atoms with E-state index in [9.17, 15) is 19.2 Å². The van der Waals surface area contributed by atoms with Gasteiger partial charge in [0.2, 0.25) is 11.8 Å². The summed E-state index contributed by atoms with van der Waals surface area (Å²) in [5, 5.41) is 18.5. The lowest BCUT2D eigenvalue weighted by Crippen LogP contribution is -2.58. The first-order valence-electron chi connectivity index (χ1n) is 6.53. The second-order valence-electron chi connectivity index (χ2n) is 4.49. The highest BCUT2D eigenvalue weighted by molar-refractivity contribution is 5.92. The molecule has 120 valence electrons. The van der Waals surface area contributed by atoms with E-state index in [0.29, 0.717) is 6.54 Å².